The number of nitrogens with one attached hydrogen (secondary N) is 1. The van der Waals surface area contributed by atoms with Gasteiger partial charge in [0.2, 0.25) is 0 Å². The van der Waals surface area contributed by atoms with Crippen LogP contribution in [0.3, 0.4) is 0 Å². The van der Waals surface area contributed by atoms with E-state index >= 15 is 0 Å². The van der Waals surface area contributed by atoms with Crippen molar-refractivity contribution in [3.05, 3.63) is 48.0 Å². The minimum Gasteiger partial charge on any atom is -0.370 e. The lowest BCUT2D eigenvalue weighted by Crippen LogP contribution is -2.02. The lowest BCUT2D eigenvalue weighted by Gasteiger charge is -2.11. The summed E-state index contributed by atoms with van der Waals surface area (Å²) in [6.45, 7) is 2.86. The number of imidazole rings is 1. The Bertz CT molecular complexity index is 707. The van der Waals surface area contributed by atoms with E-state index in [0.717, 1.165) is 29.0 Å². The molecule has 0 saturated heterocycles. The quantitative estimate of drug-likeness (QED) is 0.793. The normalized spacial score (nSPS) is 10.8. The number of fused-ring (bicyclic) bond motifs is 1. The van der Waals surface area contributed by atoms with Crippen molar-refractivity contribution in [2.24, 2.45) is 0 Å². The van der Waals surface area contributed by atoms with E-state index in [1.54, 1.807) is 12.5 Å². The second-order valence-corrected chi connectivity index (χ2v) is 4.62. The van der Waals surface area contributed by atoms with Gasteiger partial charge in [0.15, 0.2) is 0 Å². The number of pyridine rings is 1. The minimum absolute atomic E-state index is 0.685. The lowest BCUT2D eigenvalue weighted by atomic mass is 10.2. The Morgan fingerprint density at radius 2 is 2.21 bits per heavy atom. The first kappa shape index (κ1) is 12.0. The number of nitrogens with zero attached hydrogens (tertiary/aromatic N) is 3. The molecule has 0 amide bonds. The van der Waals surface area contributed by atoms with Gasteiger partial charge in [-0.3, -0.25) is 0 Å². The van der Waals surface area contributed by atoms with Gasteiger partial charge < -0.3 is 9.88 Å². The number of halogens is 1. The summed E-state index contributed by atoms with van der Waals surface area (Å²) in [5.41, 5.74) is 1.91. The SMILES string of the molecule is CCNc1cc(-n2ccnc2)c2ccc(Cl)cc2n1. The molecule has 0 aliphatic carbocycles. The molecule has 0 aliphatic rings. The molecular formula is C14H13ClN4. The molecule has 0 unspecified atom stereocenters. The Labute approximate surface area is 116 Å². The Hall–Kier alpha value is -2.07. The molecule has 19 heavy (non-hydrogen) atoms. The highest BCUT2D eigenvalue weighted by atomic mass is 35.5. The van der Waals surface area contributed by atoms with Crippen LogP contribution < -0.4 is 5.32 Å². The van der Waals surface area contributed by atoms with Crippen LogP contribution in [-0.2, 0) is 0 Å². The van der Waals surface area contributed by atoms with Crippen molar-refractivity contribution in [2.75, 3.05) is 11.9 Å². The van der Waals surface area contributed by atoms with Crippen LogP contribution in [0.2, 0.25) is 5.02 Å². The van der Waals surface area contributed by atoms with Crippen LogP contribution in [0.1, 0.15) is 6.92 Å². The fourth-order valence-corrected chi connectivity index (χ4v) is 2.24. The fraction of sp³-hybridized carbons (Fsp3) is 0.143. The maximum Gasteiger partial charge on any atom is 0.128 e. The maximum atomic E-state index is 6.05. The van der Waals surface area contributed by atoms with Crippen LogP contribution >= 0.6 is 11.6 Å². The van der Waals surface area contributed by atoms with E-state index < -0.39 is 0 Å². The fourth-order valence-electron chi connectivity index (χ4n) is 2.07. The molecule has 1 aromatic carbocycles. The highest BCUT2D eigenvalue weighted by molar-refractivity contribution is 6.31. The Kier molecular flexibility index (Phi) is 3.09. The van der Waals surface area contributed by atoms with Crippen LogP contribution in [0.25, 0.3) is 16.6 Å². The van der Waals surface area contributed by atoms with Gasteiger partial charge in [-0.2, -0.15) is 0 Å². The second kappa shape index (κ2) is 4.90. The molecule has 0 radical (unpaired) electrons. The molecule has 0 saturated carbocycles. The monoisotopic (exact) mass is 272 g/mol. The first-order valence-electron chi connectivity index (χ1n) is 6.10. The smallest absolute Gasteiger partial charge is 0.128 e. The molecule has 5 heteroatoms. The summed E-state index contributed by atoms with van der Waals surface area (Å²) in [6.07, 6.45) is 5.45. The van der Waals surface area contributed by atoms with E-state index in [1.165, 1.54) is 0 Å². The molecular weight excluding hydrogens is 260 g/mol. The average molecular weight is 273 g/mol. The molecule has 96 valence electrons. The summed E-state index contributed by atoms with van der Waals surface area (Å²) in [5, 5.41) is 4.96. The van der Waals surface area contributed by atoms with E-state index in [9.17, 15) is 0 Å². The summed E-state index contributed by atoms with van der Waals surface area (Å²) in [4.78, 5) is 8.66. The number of aromatic nitrogens is 3. The molecule has 2 aromatic heterocycles. The Morgan fingerprint density at radius 1 is 1.32 bits per heavy atom. The van der Waals surface area contributed by atoms with Crippen LogP contribution in [0, 0.1) is 0 Å². The highest BCUT2D eigenvalue weighted by Crippen LogP contribution is 2.26. The van der Waals surface area contributed by atoms with Crippen molar-refractivity contribution in [2.45, 2.75) is 6.92 Å². The van der Waals surface area contributed by atoms with E-state index in [4.69, 9.17) is 11.6 Å². The van der Waals surface area contributed by atoms with Gasteiger partial charge in [-0.15, -0.1) is 0 Å². The summed E-state index contributed by atoms with van der Waals surface area (Å²) < 4.78 is 1.97. The first-order chi connectivity index (χ1) is 9.28. The second-order valence-electron chi connectivity index (χ2n) is 4.19. The molecule has 0 fully saturated rings. The third-order valence-electron chi connectivity index (χ3n) is 2.89. The van der Waals surface area contributed by atoms with Crippen molar-refractivity contribution in [1.82, 2.24) is 14.5 Å². The average Bonchev–Trinajstić information content (AvgIpc) is 2.91. The lowest BCUT2D eigenvalue weighted by molar-refractivity contribution is 1.06. The molecule has 3 aromatic rings. The summed E-state index contributed by atoms with van der Waals surface area (Å²) in [7, 11) is 0. The van der Waals surface area contributed by atoms with Gasteiger partial charge in [-0.25, -0.2) is 9.97 Å². The number of hydrogen-bond donors (Lipinski definition) is 1. The number of rotatable bonds is 3. The van der Waals surface area contributed by atoms with Crippen LogP contribution in [0.4, 0.5) is 5.82 Å². The van der Waals surface area contributed by atoms with Crippen molar-refractivity contribution in [3.63, 3.8) is 0 Å². The van der Waals surface area contributed by atoms with E-state index in [-0.39, 0.29) is 0 Å². The van der Waals surface area contributed by atoms with Crippen molar-refractivity contribution < 1.29 is 0 Å². The van der Waals surface area contributed by atoms with Crippen molar-refractivity contribution >= 4 is 28.3 Å². The zero-order chi connectivity index (χ0) is 13.2. The summed E-state index contributed by atoms with van der Waals surface area (Å²) >= 11 is 6.05. The van der Waals surface area contributed by atoms with Gasteiger partial charge in [0.25, 0.3) is 0 Å². The topological polar surface area (TPSA) is 42.7 Å². The predicted molar refractivity (Wildman–Crippen MR) is 78.0 cm³/mol. The number of hydrogen-bond acceptors (Lipinski definition) is 3. The molecule has 0 spiro atoms. The highest BCUT2D eigenvalue weighted by Gasteiger charge is 2.07. The Morgan fingerprint density at radius 3 is 2.95 bits per heavy atom. The number of anilines is 1. The minimum atomic E-state index is 0.685. The van der Waals surface area contributed by atoms with E-state index in [0.29, 0.717) is 5.02 Å². The standard InChI is InChI=1S/C14H13ClN4/c1-2-17-14-8-13(19-6-5-16-9-19)11-4-3-10(15)7-12(11)18-14/h3-9H,2H2,1H3,(H,17,18). The van der Waals surface area contributed by atoms with Crippen LogP contribution in [-0.4, -0.2) is 21.1 Å². The van der Waals surface area contributed by atoms with Crippen LogP contribution in [0.5, 0.6) is 0 Å². The maximum absolute atomic E-state index is 6.05. The third-order valence-corrected chi connectivity index (χ3v) is 3.13. The molecule has 3 rings (SSSR count). The molecule has 0 atom stereocenters. The first-order valence-corrected chi connectivity index (χ1v) is 6.48. The van der Waals surface area contributed by atoms with Gasteiger partial charge in [0.05, 0.1) is 17.5 Å². The van der Waals surface area contributed by atoms with Gasteiger partial charge in [0, 0.05) is 35.4 Å². The summed E-state index contributed by atoms with van der Waals surface area (Å²) in [6, 6.07) is 7.74. The molecule has 2 heterocycles. The predicted octanol–water partition coefficient (Wildman–Crippen LogP) is 3.51. The zero-order valence-corrected chi connectivity index (χ0v) is 11.2. The molecule has 1 N–H and O–H groups in total. The van der Waals surface area contributed by atoms with E-state index in [1.807, 2.05) is 42.0 Å². The third kappa shape index (κ3) is 2.27. The van der Waals surface area contributed by atoms with Crippen molar-refractivity contribution in [1.29, 1.82) is 0 Å². The van der Waals surface area contributed by atoms with E-state index in [2.05, 4.69) is 15.3 Å². The van der Waals surface area contributed by atoms with Gasteiger partial charge >= 0.3 is 0 Å². The largest absolute Gasteiger partial charge is 0.370 e. The zero-order valence-electron chi connectivity index (χ0n) is 10.5. The number of benzene rings is 1. The van der Waals surface area contributed by atoms with Gasteiger partial charge in [0.1, 0.15) is 5.82 Å². The summed E-state index contributed by atoms with van der Waals surface area (Å²) in [5.74, 6) is 0.834. The Balaban J connectivity index is 2.28. The van der Waals surface area contributed by atoms with Crippen molar-refractivity contribution in [3.8, 4) is 5.69 Å². The van der Waals surface area contributed by atoms with Gasteiger partial charge in [-0.05, 0) is 25.1 Å². The van der Waals surface area contributed by atoms with Crippen LogP contribution in [0.15, 0.2) is 43.0 Å². The molecule has 0 bridgehead atoms. The molecule has 0 aliphatic heterocycles. The molecule has 4 nitrogen and oxygen atoms in total. The van der Waals surface area contributed by atoms with Gasteiger partial charge in [-0.1, -0.05) is 11.6 Å².